The first-order valence-electron chi connectivity index (χ1n) is 6.99. The van der Waals surface area contributed by atoms with Crippen LogP contribution in [0.2, 0.25) is 5.02 Å². The van der Waals surface area contributed by atoms with Crippen LogP contribution in [0.3, 0.4) is 0 Å². The average Bonchev–Trinajstić information content (AvgIpc) is 2.53. The molecule has 0 saturated heterocycles. The maximum atomic E-state index is 12.1. The first kappa shape index (κ1) is 16.1. The minimum atomic E-state index is -0.289. The van der Waals surface area contributed by atoms with Crippen molar-refractivity contribution in [1.29, 1.82) is 0 Å². The molecule has 116 valence electrons. The number of amides is 1. The minimum absolute atomic E-state index is 0.289. The lowest BCUT2D eigenvalue weighted by Gasteiger charge is -2.08. The lowest BCUT2D eigenvalue weighted by Crippen LogP contribution is -2.13. The molecule has 2 rings (SSSR count). The van der Waals surface area contributed by atoms with Crippen molar-refractivity contribution in [3.8, 4) is 5.75 Å². The Morgan fingerprint density at radius 1 is 1.27 bits per heavy atom. The molecule has 1 aromatic carbocycles. The standard InChI is InChI=1S/C16H18ClN3O2/c1-3-8-18-12-4-6-14(19-10-12)16(21)20-11-5-7-15(22-2)13(17)9-11/h4-7,9-10,18H,3,8H2,1-2H3,(H,20,21). The van der Waals surface area contributed by atoms with Gasteiger partial charge in [0, 0.05) is 12.2 Å². The van der Waals surface area contributed by atoms with Crippen molar-refractivity contribution in [3.63, 3.8) is 0 Å². The Bertz CT molecular complexity index is 644. The summed E-state index contributed by atoms with van der Waals surface area (Å²) in [7, 11) is 1.54. The molecule has 0 atom stereocenters. The van der Waals surface area contributed by atoms with Crippen molar-refractivity contribution in [1.82, 2.24) is 4.98 Å². The van der Waals surface area contributed by atoms with Gasteiger partial charge in [0.05, 0.1) is 24.0 Å². The molecule has 0 saturated carbocycles. The Kier molecular flexibility index (Phi) is 5.61. The maximum absolute atomic E-state index is 12.1. The third kappa shape index (κ3) is 4.11. The summed E-state index contributed by atoms with van der Waals surface area (Å²) in [4.78, 5) is 16.3. The van der Waals surface area contributed by atoms with Gasteiger partial charge in [-0.2, -0.15) is 0 Å². The second-order valence-corrected chi connectivity index (χ2v) is 5.07. The number of carbonyl (C=O) groups excluding carboxylic acids is 1. The lowest BCUT2D eigenvalue weighted by atomic mass is 10.2. The molecule has 0 spiro atoms. The summed E-state index contributed by atoms with van der Waals surface area (Å²) >= 11 is 6.03. The Balaban J connectivity index is 2.04. The molecule has 0 aliphatic carbocycles. The summed E-state index contributed by atoms with van der Waals surface area (Å²) in [5.41, 5.74) is 1.82. The first-order chi connectivity index (χ1) is 10.6. The summed E-state index contributed by atoms with van der Waals surface area (Å²) in [5, 5.41) is 6.39. The fraction of sp³-hybridized carbons (Fsp3) is 0.250. The van der Waals surface area contributed by atoms with Crippen LogP contribution in [0.15, 0.2) is 36.5 Å². The van der Waals surface area contributed by atoms with Crippen LogP contribution in [0.5, 0.6) is 5.75 Å². The van der Waals surface area contributed by atoms with Gasteiger partial charge in [0.15, 0.2) is 0 Å². The van der Waals surface area contributed by atoms with Gasteiger partial charge in [0.25, 0.3) is 5.91 Å². The van der Waals surface area contributed by atoms with E-state index in [4.69, 9.17) is 16.3 Å². The van der Waals surface area contributed by atoms with Gasteiger partial charge in [0.2, 0.25) is 0 Å². The Morgan fingerprint density at radius 2 is 2.05 bits per heavy atom. The molecule has 1 aromatic heterocycles. The summed E-state index contributed by atoms with van der Waals surface area (Å²) in [5.74, 6) is 0.271. The molecule has 22 heavy (non-hydrogen) atoms. The third-order valence-corrected chi connectivity index (χ3v) is 3.28. The Labute approximate surface area is 134 Å². The second-order valence-electron chi connectivity index (χ2n) is 4.66. The van der Waals surface area contributed by atoms with Gasteiger partial charge in [-0.1, -0.05) is 18.5 Å². The van der Waals surface area contributed by atoms with Crippen molar-refractivity contribution < 1.29 is 9.53 Å². The maximum Gasteiger partial charge on any atom is 0.274 e. The van der Waals surface area contributed by atoms with E-state index < -0.39 is 0 Å². The van der Waals surface area contributed by atoms with E-state index in [0.29, 0.717) is 22.2 Å². The average molecular weight is 320 g/mol. The number of ether oxygens (including phenoxy) is 1. The molecule has 0 aliphatic heterocycles. The van der Waals surface area contributed by atoms with E-state index >= 15 is 0 Å². The SMILES string of the molecule is CCCNc1ccc(C(=O)Nc2ccc(OC)c(Cl)c2)nc1. The highest BCUT2D eigenvalue weighted by atomic mass is 35.5. The molecule has 1 amide bonds. The van der Waals surface area contributed by atoms with Crippen molar-refractivity contribution in [2.45, 2.75) is 13.3 Å². The minimum Gasteiger partial charge on any atom is -0.495 e. The molecule has 0 aliphatic rings. The monoisotopic (exact) mass is 319 g/mol. The summed E-state index contributed by atoms with van der Waals surface area (Å²) in [6, 6.07) is 8.56. The smallest absolute Gasteiger partial charge is 0.274 e. The number of nitrogens with one attached hydrogen (secondary N) is 2. The number of nitrogens with zero attached hydrogens (tertiary/aromatic N) is 1. The zero-order valence-corrected chi connectivity index (χ0v) is 13.3. The number of methoxy groups -OCH3 is 1. The van der Waals surface area contributed by atoms with Crippen LogP contribution in [-0.4, -0.2) is 24.5 Å². The second kappa shape index (κ2) is 7.66. The van der Waals surface area contributed by atoms with Gasteiger partial charge in [-0.05, 0) is 36.8 Å². The zero-order valence-electron chi connectivity index (χ0n) is 12.5. The largest absolute Gasteiger partial charge is 0.495 e. The Morgan fingerprint density at radius 3 is 2.64 bits per heavy atom. The first-order valence-corrected chi connectivity index (χ1v) is 7.36. The van der Waals surface area contributed by atoms with Crippen molar-refractivity contribution >= 4 is 28.9 Å². The molecular formula is C16H18ClN3O2. The van der Waals surface area contributed by atoms with Crippen molar-refractivity contribution in [2.24, 2.45) is 0 Å². The van der Waals surface area contributed by atoms with Gasteiger partial charge in [-0.25, -0.2) is 4.98 Å². The summed E-state index contributed by atoms with van der Waals surface area (Å²) < 4.78 is 5.07. The number of benzene rings is 1. The molecule has 5 nitrogen and oxygen atoms in total. The molecule has 0 unspecified atom stereocenters. The topological polar surface area (TPSA) is 63.2 Å². The van der Waals surface area contributed by atoms with Crippen LogP contribution in [0.4, 0.5) is 11.4 Å². The molecule has 2 N–H and O–H groups in total. The van der Waals surface area contributed by atoms with Crippen LogP contribution in [0.1, 0.15) is 23.8 Å². The van der Waals surface area contributed by atoms with Gasteiger partial charge < -0.3 is 15.4 Å². The highest BCUT2D eigenvalue weighted by molar-refractivity contribution is 6.32. The van der Waals surface area contributed by atoms with E-state index in [0.717, 1.165) is 18.7 Å². The van der Waals surface area contributed by atoms with Crippen molar-refractivity contribution in [3.05, 3.63) is 47.2 Å². The van der Waals surface area contributed by atoms with Crippen LogP contribution in [0.25, 0.3) is 0 Å². The number of hydrogen-bond donors (Lipinski definition) is 2. The molecule has 0 fully saturated rings. The molecule has 6 heteroatoms. The number of anilines is 2. The van der Waals surface area contributed by atoms with Crippen LogP contribution < -0.4 is 15.4 Å². The lowest BCUT2D eigenvalue weighted by molar-refractivity contribution is 0.102. The number of halogens is 1. The highest BCUT2D eigenvalue weighted by Gasteiger charge is 2.09. The van der Waals surface area contributed by atoms with Gasteiger partial charge in [-0.3, -0.25) is 4.79 Å². The molecular weight excluding hydrogens is 302 g/mol. The fourth-order valence-corrected chi connectivity index (χ4v) is 2.10. The predicted molar refractivity (Wildman–Crippen MR) is 89.0 cm³/mol. The number of hydrogen-bond acceptors (Lipinski definition) is 4. The van der Waals surface area contributed by atoms with Crippen molar-refractivity contribution in [2.75, 3.05) is 24.3 Å². The van der Waals surface area contributed by atoms with Gasteiger partial charge >= 0.3 is 0 Å². The van der Waals surface area contributed by atoms with Crippen LogP contribution in [0, 0.1) is 0 Å². The third-order valence-electron chi connectivity index (χ3n) is 2.98. The quantitative estimate of drug-likeness (QED) is 0.849. The summed E-state index contributed by atoms with van der Waals surface area (Å²) in [6.45, 7) is 2.96. The highest BCUT2D eigenvalue weighted by Crippen LogP contribution is 2.27. The molecule has 2 aromatic rings. The van der Waals surface area contributed by atoms with Gasteiger partial charge in [-0.15, -0.1) is 0 Å². The molecule has 0 radical (unpaired) electrons. The number of pyridine rings is 1. The van der Waals surface area contributed by atoms with E-state index in [9.17, 15) is 4.79 Å². The van der Waals surface area contributed by atoms with E-state index in [1.807, 2.05) is 6.07 Å². The Hall–Kier alpha value is -2.27. The van der Waals surface area contributed by atoms with E-state index in [2.05, 4.69) is 22.5 Å². The van der Waals surface area contributed by atoms with E-state index in [1.54, 1.807) is 30.5 Å². The van der Waals surface area contributed by atoms with E-state index in [1.165, 1.54) is 7.11 Å². The number of carbonyl (C=O) groups is 1. The van der Waals surface area contributed by atoms with Crippen LogP contribution in [-0.2, 0) is 0 Å². The van der Waals surface area contributed by atoms with Crippen LogP contribution >= 0.6 is 11.6 Å². The predicted octanol–water partition coefficient (Wildman–Crippen LogP) is 3.82. The number of rotatable bonds is 6. The number of aromatic nitrogens is 1. The zero-order chi connectivity index (χ0) is 15.9. The normalized spacial score (nSPS) is 10.1. The van der Waals surface area contributed by atoms with Gasteiger partial charge in [0.1, 0.15) is 11.4 Å². The molecule has 1 heterocycles. The molecule has 0 bridgehead atoms. The fourth-order valence-electron chi connectivity index (χ4n) is 1.84. The summed E-state index contributed by atoms with van der Waals surface area (Å²) in [6.07, 6.45) is 2.67. The van der Waals surface area contributed by atoms with E-state index in [-0.39, 0.29) is 5.91 Å².